The summed E-state index contributed by atoms with van der Waals surface area (Å²) in [6.07, 6.45) is 4.31. The van der Waals surface area contributed by atoms with Gasteiger partial charge in [-0.1, -0.05) is 25.8 Å². The number of carbonyl (C=O) groups excluding carboxylic acids is 1. The molecule has 0 spiro atoms. The van der Waals surface area contributed by atoms with E-state index >= 15 is 0 Å². The van der Waals surface area contributed by atoms with Crippen molar-refractivity contribution in [3.8, 4) is 0 Å². The molecule has 0 heterocycles. The maximum atomic E-state index is 11.7. The normalized spacial score (nSPS) is 13.2. The maximum absolute atomic E-state index is 11.7. The Balaban J connectivity index is 4.14. The first kappa shape index (κ1) is 29.7. The molecule has 31 heavy (non-hydrogen) atoms. The molecule has 180 valence electrons. The second kappa shape index (κ2) is 12.7. The number of ether oxygens (including phenoxy) is 5. The van der Waals surface area contributed by atoms with Crippen molar-refractivity contribution in [2.45, 2.75) is 90.6 Å². The highest BCUT2D eigenvalue weighted by Crippen LogP contribution is 2.23. The fraction of sp³-hybridized carbons (Fsp3) is 0.720. The molecule has 6 nitrogen and oxygen atoms in total. The molecule has 0 fully saturated rings. The van der Waals surface area contributed by atoms with Gasteiger partial charge in [0.25, 0.3) is 0 Å². The van der Waals surface area contributed by atoms with Crippen LogP contribution in [0.15, 0.2) is 37.5 Å². The number of rotatable bonds is 18. The van der Waals surface area contributed by atoms with Crippen molar-refractivity contribution >= 4 is 5.78 Å². The van der Waals surface area contributed by atoms with Gasteiger partial charge in [-0.3, -0.25) is 4.79 Å². The number of ketones is 1. The lowest BCUT2D eigenvalue weighted by molar-refractivity contribution is -0.204. The number of hydrogen-bond donors (Lipinski definition) is 0. The van der Waals surface area contributed by atoms with E-state index in [1.807, 2.05) is 41.5 Å². The minimum atomic E-state index is -0.883. The van der Waals surface area contributed by atoms with Crippen LogP contribution < -0.4 is 0 Å². The van der Waals surface area contributed by atoms with Gasteiger partial charge < -0.3 is 23.7 Å². The van der Waals surface area contributed by atoms with Gasteiger partial charge in [0.15, 0.2) is 5.78 Å². The van der Waals surface area contributed by atoms with Crippen LogP contribution in [0.3, 0.4) is 0 Å². The van der Waals surface area contributed by atoms with E-state index < -0.39 is 22.4 Å². The standard InChI is InChI=1S/C25H44O6/c1-12-20(3)24(8,9)28-16-14-22(4,5)30-18-27-19-31-23(6,7)15-17-29-25(10,11)21(26)13-2/h12-13H,1-3,14-19H2,4-11H3. The molecule has 0 aliphatic carbocycles. The van der Waals surface area contributed by atoms with E-state index in [2.05, 4.69) is 19.7 Å². The van der Waals surface area contributed by atoms with E-state index in [0.29, 0.717) is 26.1 Å². The predicted octanol–water partition coefficient (Wildman–Crippen LogP) is 5.38. The van der Waals surface area contributed by atoms with Crippen LogP contribution in [0.25, 0.3) is 0 Å². The summed E-state index contributed by atoms with van der Waals surface area (Å²) in [6, 6.07) is 0. The van der Waals surface area contributed by atoms with Gasteiger partial charge >= 0.3 is 0 Å². The summed E-state index contributed by atoms with van der Waals surface area (Å²) < 4.78 is 28.7. The minimum absolute atomic E-state index is 0.0980. The number of hydrogen-bond acceptors (Lipinski definition) is 6. The monoisotopic (exact) mass is 440 g/mol. The summed E-state index contributed by atoms with van der Waals surface area (Å²) in [7, 11) is 0. The molecular weight excluding hydrogens is 396 g/mol. The van der Waals surface area contributed by atoms with E-state index in [0.717, 1.165) is 5.57 Å². The van der Waals surface area contributed by atoms with Crippen LogP contribution in [0.1, 0.15) is 68.2 Å². The van der Waals surface area contributed by atoms with E-state index in [9.17, 15) is 4.79 Å². The van der Waals surface area contributed by atoms with Crippen LogP contribution in [0.2, 0.25) is 0 Å². The largest absolute Gasteiger partial charge is 0.371 e. The molecule has 0 amide bonds. The third-order valence-corrected chi connectivity index (χ3v) is 5.20. The fourth-order valence-electron chi connectivity index (χ4n) is 2.34. The minimum Gasteiger partial charge on any atom is -0.371 e. The second-order valence-corrected chi connectivity index (χ2v) is 9.76. The van der Waals surface area contributed by atoms with Crippen molar-refractivity contribution < 1.29 is 28.5 Å². The molecule has 0 aromatic carbocycles. The first-order chi connectivity index (χ1) is 14.1. The molecule has 0 saturated heterocycles. The zero-order valence-corrected chi connectivity index (χ0v) is 21.0. The Labute approximate surface area is 189 Å². The van der Waals surface area contributed by atoms with Crippen LogP contribution in [0.5, 0.6) is 0 Å². The van der Waals surface area contributed by atoms with Crippen molar-refractivity contribution in [2.75, 3.05) is 26.8 Å². The van der Waals surface area contributed by atoms with Crippen LogP contribution in [-0.2, 0) is 28.5 Å². The lowest BCUT2D eigenvalue weighted by Crippen LogP contribution is -2.36. The van der Waals surface area contributed by atoms with Crippen molar-refractivity contribution in [3.05, 3.63) is 37.5 Å². The quantitative estimate of drug-likeness (QED) is 0.123. The Morgan fingerprint density at radius 1 is 0.710 bits per heavy atom. The molecular formula is C25H44O6. The summed E-state index contributed by atoms with van der Waals surface area (Å²) in [6.45, 7) is 27.6. The van der Waals surface area contributed by atoms with Gasteiger partial charge in [0.1, 0.15) is 19.2 Å². The van der Waals surface area contributed by atoms with Crippen molar-refractivity contribution in [1.82, 2.24) is 0 Å². The Hall–Kier alpha value is -1.31. The van der Waals surface area contributed by atoms with Gasteiger partial charge in [0.2, 0.25) is 0 Å². The van der Waals surface area contributed by atoms with Gasteiger partial charge in [-0.15, -0.1) is 0 Å². The molecule has 0 saturated carbocycles. The highest BCUT2D eigenvalue weighted by atomic mass is 16.7. The third kappa shape index (κ3) is 12.3. The Morgan fingerprint density at radius 2 is 1.13 bits per heavy atom. The molecule has 0 N–H and O–H groups in total. The molecule has 0 radical (unpaired) electrons. The average molecular weight is 441 g/mol. The maximum Gasteiger partial charge on any atom is 0.186 e. The van der Waals surface area contributed by atoms with Crippen molar-refractivity contribution in [1.29, 1.82) is 0 Å². The lowest BCUT2D eigenvalue weighted by atomic mass is 9.99. The SMILES string of the molecule is C=CC(=C)C(C)(C)OCCC(C)(C)OCOCOC(C)(C)CCOC(C)(C)C(=O)C=C. The summed E-state index contributed by atoms with van der Waals surface area (Å²) in [4.78, 5) is 11.7. The van der Waals surface area contributed by atoms with Gasteiger partial charge in [-0.2, -0.15) is 0 Å². The molecule has 0 aliphatic rings. The smallest absolute Gasteiger partial charge is 0.186 e. The molecule has 0 aliphatic heterocycles. The topological polar surface area (TPSA) is 63.2 Å². The molecule has 0 rings (SSSR count). The van der Waals surface area contributed by atoms with Crippen molar-refractivity contribution in [3.63, 3.8) is 0 Å². The summed E-state index contributed by atoms with van der Waals surface area (Å²) in [5.74, 6) is -0.145. The lowest BCUT2D eigenvalue weighted by Gasteiger charge is -2.30. The molecule has 0 bridgehead atoms. The first-order valence-electron chi connectivity index (χ1n) is 10.7. The average Bonchev–Trinajstić information content (AvgIpc) is 2.65. The second-order valence-electron chi connectivity index (χ2n) is 9.76. The zero-order valence-electron chi connectivity index (χ0n) is 21.0. The van der Waals surface area contributed by atoms with Gasteiger partial charge in [0.05, 0.1) is 30.0 Å². The first-order valence-corrected chi connectivity index (χ1v) is 10.7. The molecule has 6 heteroatoms. The van der Waals surface area contributed by atoms with Crippen LogP contribution in [-0.4, -0.2) is 55.0 Å². The fourth-order valence-corrected chi connectivity index (χ4v) is 2.34. The van der Waals surface area contributed by atoms with Crippen LogP contribution in [0.4, 0.5) is 0 Å². The van der Waals surface area contributed by atoms with Crippen molar-refractivity contribution in [2.24, 2.45) is 0 Å². The third-order valence-electron chi connectivity index (χ3n) is 5.20. The highest BCUT2D eigenvalue weighted by molar-refractivity contribution is 5.95. The predicted molar refractivity (Wildman–Crippen MR) is 125 cm³/mol. The van der Waals surface area contributed by atoms with E-state index in [1.165, 1.54) is 6.08 Å². The molecule has 0 aromatic heterocycles. The highest BCUT2D eigenvalue weighted by Gasteiger charge is 2.28. The van der Waals surface area contributed by atoms with E-state index in [-0.39, 0.29) is 19.4 Å². The van der Waals surface area contributed by atoms with Crippen LogP contribution >= 0.6 is 0 Å². The Kier molecular flexibility index (Phi) is 12.1. The molecule has 0 atom stereocenters. The Bertz CT molecular complexity index is 549. The summed E-state index contributed by atoms with van der Waals surface area (Å²) in [5.41, 5.74) is -1.36. The molecule has 0 unspecified atom stereocenters. The van der Waals surface area contributed by atoms with E-state index in [4.69, 9.17) is 23.7 Å². The van der Waals surface area contributed by atoms with Gasteiger partial charge in [-0.25, -0.2) is 0 Å². The summed E-state index contributed by atoms with van der Waals surface area (Å²) in [5, 5.41) is 0. The van der Waals surface area contributed by atoms with Crippen LogP contribution in [0, 0.1) is 0 Å². The van der Waals surface area contributed by atoms with Gasteiger partial charge in [-0.05, 0) is 79.9 Å². The molecule has 0 aromatic rings. The van der Waals surface area contributed by atoms with Gasteiger partial charge in [0, 0.05) is 0 Å². The number of carbonyl (C=O) groups is 1. The zero-order chi connectivity index (χ0) is 24.3. The van der Waals surface area contributed by atoms with E-state index in [1.54, 1.807) is 19.9 Å². The summed E-state index contributed by atoms with van der Waals surface area (Å²) >= 11 is 0. The Morgan fingerprint density at radius 3 is 1.52 bits per heavy atom.